The molecular formula is C19H24N4. The molecule has 0 saturated carbocycles. The highest BCUT2D eigenvalue weighted by Crippen LogP contribution is 2.24. The van der Waals surface area contributed by atoms with Crippen LogP contribution in [0.1, 0.15) is 18.4 Å². The molecule has 1 aliphatic heterocycles. The first kappa shape index (κ1) is 15.5. The Bertz CT molecular complexity index is 618. The molecule has 23 heavy (non-hydrogen) atoms. The fourth-order valence-electron chi connectivity index (χ4n) is 3.06. The molecule has 4 nitrogen and oxygen atoms in total. The number of hydrogen-bond donors (Lipinski definition) is 1. The molecule has 0 aliphatic carbocycles. The number of benzene rings is 1. The number of aromatic nitrogens is 2. The normalized spacial score (nSPS) is 15.4. The summed E-state index contributed by atoms with van der Waals surface area (Å²) in [6, 6.07) is 12.7. The Morgan fingerprint density at radius 2 is 1.96 bits per heavy atom. The third-order valence-electron chi connectivity index (χ3n) is 4.33. The van der Waals surface area contributed by atoms with Crippen molar-refractivity contribution < 1.29 is 0 Å². The molecule has 1 aromatic carbocycles. The Balaban J connectivity index is 1.55. The van der Waals surface area contributed by atoms with Crippen molar-refractivity contribution in [3.63, 3.8) is 0 Å². The largest absolute Gasteiger partial charge is 0.366 e. The lowest BCUT2D eigenvalue weighted by Gasteiger charge is -2.32. The fraction of sp³-hybridized carbons (Fsp3) is 0.368. The molecule has 1 N–H and O–H groups in total. The van der Waals surface area contributed by atoms with E-state index in [0.717, 1.165) is 37.3 Å². The van der Waals surface area contributed by atoms with E-state index in [1.165, 1.54) is 24.8 Å². The van der Waals surface area contributed by atoms with Crippen LogP contribution in [0.4, 0.5) is 11.8 Å². The van der Waals surface area contributed by atoms with Crippen molar-refractivity contribution in [3.05, 3.63) is 60.8 Å². The summed E-state index contributed by atoms with van der Waals surface area (Å²) in [5.41, 5.74) is 1.44. The van der Waals surface area contributed by atoms with Crippen LogP contribution in [0.2, 0.25) is 0 Å². The van der Waals surface area contributed by atoms with E-state index in [0.29, 0.717) is 0 Å². The zero-order valence-corrected chi connectivity index (χ0v) is 13.5. The summed E-state index contributed by atoms with van der Waals surface area (Å²) in [6.07, 6.45) is 7.22. The van der Waals surface area contributed by atoms with E-state index in [1.54, 1.807) is 0 Å². The van der Waals surface area contributed by atoms with Crippen LogP contribution in [0.5, 0.6) is 0 Å². The van der Waals surface area contributed by atoms with Crippen molar-refractivity contribution >= 4 is 11.8 Å². The number of nitrogens with zero attached hydrogens (tertiary/aromatic N) is 3. The highest BCUT2D eigenvalue weighted by molar-refractivity contribution is 5.41. The van der Waals surface area contributed by atoms with Crippen LogP contribution in [-0.2, 0) is 6.42 Å². The average Bonchev–Trinajstić information content (AvgIpc) is 2.62. The molecule has 1 aromatic heterocycles. The Labute approximate surface area is 138 Å². The predicted octanol–water partition coefficient (Wildman–Crippen LogP) is 3.53. The fourth-order valence-corrected chi connectivity index (χ4v) is 3.06. The smallest absolute Gasteiger partial charge is 0.227 e. The molecule has 0 amide bonds. The first-order valence-electron chi connectivity index (χ1n) is 8.32. The summed E-state index contributed by atoms with van der Waals surface area (Å²) in [6.45, 7) is 6.49. The summed E-state index contributed by atoms with van der Waals surface area (Å²) in [5, 5.41) is 3.22. The first-order chi connectivity index (χ1) is 11.3. The summed E-state index contributed by atoms with van der Waals surface area (Å²) >= 11 is 0. The molecule has 0 spiro atoms. The second kappa shape index (κ2) is 7.77. The van der Waals surface area contributed by atoms with Crippen LogP contribution in [0.25, 0.3) is 0 Å². The average molecular weight is 308 g/mol. The maximum atomic E-state index is 4.60. The summed E-state index contributed by atoms with van der Waals surface area (Å²) < 4.78 is 0. The minimum Gasteiger partial charge on any atom is -0.366 e. The number of piperidine rings is 1. The maximum Gasteiger partial charge on any atom is 0.227 e. The van der Waals surface area contributed by atoms with E-state index in [-0.39, 0.29) is 0 Å². The topological polar surface area (TPSA) is 41.1 Å². The van der Waals surface area contributed by atoms with Crippen molar-refractivity contribution in [2.45, 2.75) is 19.3 Å². The Kier molecular flexibility index (Phi) is 5.25. The molecule has 0 atom stereocenters. The van der Waals surface area contributed by atoms with Gasteiger partial charge in [-0.25, -0.2) is 4.98 Å². The number of anilines is 2. The van der Waals surface area contributed by atoms with Gasteiger partial charge in [0.25, 0.3) is 0 Å². The molecule has 1 aliphatic rings. The molecule has 3 rings (SSSR count). The van der Waals surface area contributed by atoms with E-state index in [4.69, 9.17) is 0 Å². The van der Waals surface area contributed by atoms with Gasteiger partial charge in [0.15, 0.2) is 0 Å². The van der Waals surface area contributed by atoms with E-state index in [9.17, 15) is 0 Å². The van der Waals surface area contributed by atoms with Crippen LogP contribution in [-0.4, -0.2) is 29.6 Å². The van der Waals surface area contributed by atoms with Crippen molar-refractivity contribution in [2.75, 3.05) is 29.9 Å². The predicted molar refractivity (Wildman–Crippen MR) is 95.8 cm³/mol. The van der Waals surface area contributed by atoms with Crippen LogP contribution in [0.15, 0.2) is 55.3 Å². The zero-order valence-electron chi connectivity index (χ0n) is 13.5. The molecule has 0 unspecified atom stereocenters. The van der Waals surface area contributed by atoms with E-state index in [2.05, 4.69) is 57.1 Å². The SMILES string of the molecule is C=CCNc1ccnc(N2CCC(Cc3ccccc3)CC2)n1. The van der Waals surface area contributed by atoms with Crippen molar-refractivity contribution in [3.8, 4) is 0 Å². The van der Waals surface area contributed by atoms with Crippen LogP contribution < -0.4 is 10.2 Å². The van der Waals surface area contributed by atoms with E-state index >= 15 is 0 Å². The summed E-state index contributed by atoms with van der Waals surface area (Å²) in [5.74, 6) is 2.45. The molecule has 120 valence electrons. The van der Waals surface area contributed by atoms with Gasteiger partial charge in [0, 0.05) is 25.8 Å². The van der Waals surface area contributed by atoms with Crippen molar-refractivity contribution in [1.29, 1.82) is 0 Å². The third kappa shape index (κ3) is 4.31. The number of hydrogen-bond acceptors (Lipinski definition) is 4. The molecule has 0 bridgehead atoms. The Morgan fingerprint density at radius 3 is 2.70 bits per heavy atom. The third-order valence-corrected chi connectivity index (χ3v) is 4.33. The van der Waals surface area contributed by atoms with Gasteiger partial charge < -0.3 is 10.2 Å². The number of rotatable bonds is 6. The Hall–Kier alpha value is -2.36. The van der Waals surface area contributed by atoms with Crippen LogP contribution in [0.3, 0.4) is 0 Å². The standard InChI is InChI=1S/C19H24N4/c1-2-11-20-18-8-12-21-19(22-18)23-13-9-17(10-14-23)15-16-6-4-3-5-7-16/h2-8,12,17H,1,9-11,13-15H2,(H,20,21,22). The van der Waals surface area contributed by atoms with Gasteiger partial charge in [-0.05, 0) is 36.8 Å². The van der Waals surface area contributed by atoms with Crippen molar-refractivity contribution in [1.82, 2.24) is 9.97 Å². The minimum absolute atomic E-state index is 0.718. The minimum atomic E-state index is 0.718. The lowest BCUT2D eigenvalue weighted by Crippen LogP contribution is -2.35. The van der Waals surface area contributed by atoms with E-state index in [1.807, 2.05) is 18.3 Å². The molecule has 1 saturated heterocycles. The van der Waals surface area contributed by atoms with Crippen LogP contribution >= 0.6 is 0 Å². The highest BCUT2D eigenvalue weighted by atomic mass is 15.3. The zero-order chi connectivity index (χ0) is 15.9. The van der Waals surface area contributed by atoms with Gasteiger partial charge >= 0.3 is 0 Å². The highest BCUT2D eigenvalue weighted by Gasteiger charge is 2.21. The molecule has 1 fully saturated rings. The summed E-state index contributed by atoms with van der Waals surface area (Å²) in [7, 11) is 0. The quantitative estimate of drug-likeness (QED) is 0.829. The van der Waals surface area contributed by atoms with Gasteiger partial charge in [-0.15, -0.1) is 6.58 Å². The number of nitrogens with one attached hydrogen (secondary N) is 1. The monoisotopic (exact) mass is 308 g/mol. The van der Waals surface area contributed by atoms with Gasteiger partial charge in [0.05, 0.1) is 0 Å². The van der Waals surface area contributed by atoms with E-state index < -0.39 is 0 Å². The first-order valence-corrected chi connectivity index (χ1v) is 8.32. The van der Waals surface area contributed by atoms with Gasteiger partial charge in [0.2, 0.25) is 5.95 Å². The lowest BCUT2D eigenvalue weighted by molar-refractivity contribution is 0.400. The second-order valence-electron chi connectivity index (χ2n) is 6.03. The lowest BCUT2D eigenvalue weighted by atomic mass is 9.90. The molecular weight excluding hydrogens is 284 g/mol. The van der Waals surface area contributed by atoms with Crippen LogP contribution in [0, 0.1) is 5.92 Å². The maximum absolute atomic E-state index is 4.60. The molecule has 2 heterocycles. The van der Waals surface area contributed by atoms with Gasteiger partial charge in [-0.3, -0.25) is 0 Å². The van der Waals surface area contributed by atoms with Gasteiger partial charge in [-0.2, -0.15) is 4.98 Å². The second-order valence-corrected chi connectivity index (χ2v) is 6.03. The molecule has 2 aromatic rings. The van der Waals surface area contributed by atoms with Gasteiger partial charge in [-0.1, -0.05) is 36.4 Å². The van der Waals surface area contributed by atoms with Gasteiger partial charge in [0.1, 0.15) is 5.82 Å². The molecule has 0 radical (unpaired) electrons. The summed E-state index contributed by atoms with van der Waals surface area (Å²) in [4.78, 5) is 11.3. The Morgan fingerprint density at radius 1 is 1.17 bits per heavy atom. The van der Waals surface area contributed by atoms with Crippen molar-refractivity contribution in [2.24, 2.45) is 5.92 Å². The molecule has 4 heteroatoms.